The summed E-state index contributed by atoms with van der Waals surface area (Å²) in [6.07, 6.45) is 0.878. The monoisotopic (exact) mass is 356 g/mol. The van der Waals surface area contributed by atoms with E-state index in [0.29, 0.717) is 0 Å². The molecule has 0 N–H and O–H groups in total. The highest BCUT2D eigenvalue weighted by Crippen LogP contribution is 2.26. The van der Waals surface area contributed by atoms with Gasteiger partial charge in [0.15, 0.2) is 0 Å². The molecule has 2 heteroatoms. The molecule has 0 spiro atoms. The van der Waals surface area contributed by atoms with Gasteiger partial charge in [-0.2, -0.15) is 0 Å². The molecule has 0 nitrogen and oxygen atoms in total. The molecule has 0 aliphatic heterocycles. The summed E-state index contributed by atoms with van der Waals surface area (Å²) in [4.78, 5) is 0. The van der Waals surface area contributed by atoms with Crippen molar-refractivity contribution in [1.82, 2.24) is 0 Å². The normalized spacial score (nSPS) is 12.4. The maximum absolute atomic E-state index is 6.46. The van der Waals surface area contributed by atoms with E-state index >= 15 is 0 Å². The maximum Gasteiger partial charge on any atom is 0.0625 e. The van der Waals surface area contributed by atoms with Crippen LogP contribution in [-0.4, -0.2) is 0 Å². The van der Waals surface area contributed by atoms with Crippen LogP contribution < -0.4 is 0 Å². The summed E-state index contributed by atoms with van der Waals surface area (Å²) in [5.74, 6) is 0. The fraction of sp³-hybridized carbons (Fsp3) is 0.200. The summed E-state index contributed by atoms with van der Waals surface area (Å²) in [6, 6.07) is 16.9. The van der Waals surface area contributed by atoms with Gasteiger partial charge in [-0.15, -0.1) is 11.6 Å². The van der Waals surface area contributed by atoms with Gasteiger partial charge in [-0.25, -0.2) is 0 Å². The summed E-state index contributed by atoms with van der Waals surface area (Å²) in [5.41, 5.74) is 3.78. The smallest absolute Gasteiger partial charge is 0.0625 e. The van der Waals surface area contributed by atoms with Crippen LogP contribution >= 0.6 is 34.2 Å². The van der Waals surface area contributed by atoms with Crippen molar-refractivity contribution in [3.05, 3.63) is 68.8 Å². The van der Waals surface area contributed by atoms with Gasteiger partial charge < -0.3 is 0 Å². The highest BCUT2D eigenvalue weighted by atomic mass is 127. The summed E-state index contributed by atoms with van der Waals surface area (Å²) in [7, 11) is 0. The predicted octanol–water partition coefficient (Wildman–Crippen LogP) is 5.12. The highest BCUT2D eigenvalue weighted by Gasteiger charge is 2.09. The first-order valence-electron chi connectivity index (χ1n) is 5.60. The minimum Gasteiger partial charge on any atom is -0.117 e. The molecule has 88 valence electrons. The van der Waals surface area contributed by atoms with Crippen molar-refractivity contribution in [2.75, 3.05) is 0 Å². The number of rotatable bonds is 3. The van der Waals surface area contributed by atoms with E-state index in [9.17, 15) is 0 Å². The summed E-state index contributed by atoms with van der Waals surface area (Å²) < 4.78 is 1.23. The van der Waals surface area contributed by atoms with Gasteiger partial charge in [0, 0.05) is 3.57 Å². The molecule has 1 unspecified atom stereocenters. The Balaban J connectivity index is 2.14. The third-order valence-corrected chi connectivity index (χ3v) is 3.79. The number of alkyl halides is 1. The number of aryl methyl sites for hydroxylation is 1. The van der Waals surface area contributed by atoms with Crippen LogP contribution in [0, 0.1) is 10.5 Å². The minimum atomic E-state index is 0.0477. The zero-order chi connectivity index (χ0) is 12.3. The number of hydrogen-bond donors (Lipinski definition) is 0. The molecule has 1 atom stereocenters. The zero-order valence-electron chi connectivity index (χ0n) is 9.66. The molecule has 0 aliphatic rings. The lowest BCUT2D eigenvalue weighted by atomic mass is 10.0. The van der Waals surface area contributed by atoms with Crippen molar-refractivity contribution in [3.8, 4) is 0 Å². The van der Waals surface area contributed by atoms with Gasteiger partial charge in [-0.3, -0.25) is 0 Å². The number of hydrogen-bond acceptors (Lipinski definition) is 0. The van der Waals surface area contributed by atoms with Gasteiger partial charge in [-0.1, -0.05) is 42.0 Å². The van der Waals surface area contributed by atoms with Crippen molar-refractivity contribution in [1.29, 1.82) is 0 Å². The topological polar surface area (TPSA) is 0 Å². The van der Waals surface area contributed by atoms with E-state index in [1.54, 1.807) is 0 Å². The Labute approximate surface area is 121 Å². The van der Waals surface area contributed by atoms with Crippen molar-refractivity contribution in [3.63, 3.8) is 0 Å². The Morgan fingerprint density at radius 3 is 2.59 bits per heavy atom. The maximum atomic E-state index is 6.46. The average molecular weight is 357 g/mol. The molecule has 0 fully saturated rings. The fourth-order valence-corrected chi connectivity index (χ4v) is 2.75. The minimum absolute atomic E-state index is 0.0477. The standard InChI is InChI=1S/C15H14ClI/c1-11-4-2-5-12(8-11)9-15(16)13-6-3-7-14(17)10-13/h2-8,10,15H,9H2,1H3. The van der Waals surface area contributed by atoms with E-state index in [0.717, 1.165) is 6.42 Å². The molecule has 2 aromatic carbocycles. The van der Waals surface area contributed by atoms with Crippen LogP contribution in [0.25, 0.3) is 0 Å². The van der Waals surface area contributed by atoms with Crippen molar-refractivity contribution in [2.45, 2.75) is 18.7 Å². The van der Waals surface area contributed by atoms with Gasteiger partial charge in [-0.05, 0) is 59.2 Å². The van der Waals surface area contributed by atoms with Crippen LogP contribution in [0.2, 0.25) is 0 Å². The van der Waals surface area contributed by atoms with Gasteiger partial charge in [0.2, 0.25) is 0 Å². The van der Waals surface area contributed by atoms with Crippen LogP contribution in [0.4, 0.5) is 0 Å². The molecule has 17 heavy (non-hydrogen) atoms. The molecule has 0 radical (unpaired) electrons. The molecule has 0 amide bonds. The van der Waals surface area contributed by atoms with Crippen LogP contribution in [0.5, 0.6) is 0 Å². The van der Waals surface area contributed by atoms with E-state index < -0.39 is 0 Å². The van der Waals surface area contributed by atoms with Crippen LogP contribution in [0.1, 0.15) is 22.1 Å². The second-order valence-electron chi connectivity index (χ2n) is 4.22. The van der Waals surface area contributed by atoms with Crippen LogP contribution in [0.15, 0.2) is 48.5 Å². The third kappa shape index (κ3) is 3.71. The van der Waals surface area contributed by atoms with Gasteiger partial charge in [0.1, 0.15) is 0 Å². The second kappa shape index (κ2) is 5.87. The van der Waals surface area contributed by atoms with Crippen LogP contribution in [-0.2, 0) is 6.42 Å². The number of halogens is 2. The average Bonchev–Trinajstić information content (AvgIpc) is 2.29. The van der Waals surface area contributed by atoms with Crippen LogP contribution in [0.3, 0.4) is 0 Å². The molecule has 0 saturated heterocycles. The molecular weight excluding hydrogens is 343 g/mol. The largest absolute Gasteiger partial charge is 0.117 e. The summed E-state index contributed by atoms with van der Waals surface area (Å²) in [5, 5.41) is 0.0477. The molecule has 0 aromatic heterocycles. The lowest BCUT2D eigenvalue weighted by Gasteiger charge is -2.10. The molecule has 0 saturated carbocycles. The fourth-order valence-electron chi connectivity index (χ4n) is 1.87. The second-order valence-corrected chi connectivity index (χ2v) is 5.99. The summed E-state index contributed by atoms with van der Waals surface area (Å²) in [6.45, 7) is 2.11. The molecule has 0 aliphatic carbocycles. The lowest BCUT2D eigenvalue weighted by molar-refractivity contribution is 0.917. The predicted molar refractivity (Wildman–Crippen MR) is 82.6 cm³/mol. The Kier molecular flexibility index (Phi) is 4.46. The molecule has 0 heterocycles. The Hall–Kier alpha value is -0.540. The first-order chi connectivity index (χ1) is 8.15. The molecule has 2 aromatic rings. The van der Waals surface area contributed by atoms with E-state index in [2.05, 4.69) is 78.0 Å². The van der Waals surface area contributed by atoms with E-state index in [-0.39, 0.29) is 5.38 Å². The molecular formula is C15H14ClI. The highest BCUT2D eigenvalue weighted by molar-refractivity contribution is 14.1. The van der Waals surface area contributed by atoms with Crippen molar-refractivity contribution < 1.29 is 0 Å². The Morgan fingerprint density at radius 1 is 1.12 bits per heavy atom. The first-order valence-corrected chi connectivity index (χ1v) is 7.12. The zero-order valence-corrected chi connectivity index (χ0v) is 12.6. The molecule has 2 rings (SSSR count). The molecule has 0 bridgehead atoms. The lowest BCUT2D eigenvalue weighted by Crippen LogP contribution is -1.96. The van der Waals surface area contributed by atoms with Gasteiger partial charge in [0.05, 0.1) is 5.38 Å². The van der Waals surface area contributed by atoms with Gasteiger partial charge >= 0.3 is 0 Å². The van der Waals surface area contributed by atoms with E-state index in [1.165, 1.54) is 20.3 Å². The number of benzene rings is 2. The SMILES string of the molecule is Cc1cccc(CC(Cl)c2cccc(I)c2)c1. The van der Waals surface area contributed by atoms with Crippen molar-refractivity contribution in [2.24, 2.45) is 0 Å². The quantitative estimate of drug-likeness (QED) is 0.529. The van der Waals surface area contributed by atoms with E-state index in [1.807, 2.05) is 0 Å². The Bertz CT molecular complexity index is 508. The Morgan fingerprint density at radius 2 is 1.88 bits per heavy atom. The first kappa shape index (κ1) is 12.9. The summed E-state index contributed by atoms with van der Waals surface area (Å²) >= 11 is 8.78. The third-order valence-electron chi connectivity index (χ3n) is 2.71. The van der Waals surface area contributed by atoms with Gasteiger partial charge in [0.25, 0.3) is 0 Å². The van der Waals surface area contributed by atoms with Crippen molar-refractivity contribution >= 4 is 34.2 Å². The van der Waals surface area contributed by atoms with E-state index in [4.69, 9.17) is 11.6 Å².